The van der Waals surface area contributed by atoms with Gasteiger partial charge in [0.2, 0.25) is 5.91 Å². The minimum Gasteiger partial charge on any atom is -0.481 e. The molecule has 5 nitrogen and oxygen atoms in total. The molecule has 2 rings (SSSR count). The summed E-state index contributed by atoms with van der Waals surface area (Å²) < 4.78 is 0. The Labute approximate surface area is 118 Å². The Morgan fingerprint density at radius 3 is 2.55 bits per heavy atom. The van der Waals surface area contributed by atoms with E-state index < -0.39 is 11.9 Å². The van der Waals surface area contributed by atoms with Crippen molar-refractivity contribution in [1.29, 1.82) is 0 Å². The molecular formula is C15H20N2O3. The normalized spacial score (nSPS) is 16.2. The number of primary amides is 1. The van der Waals surface area contributed by atoms with Crippen molar-refractivity contribution in [3.05, 3.63) is 29.3 Å². The predicted molar refractivity (Wildman–Crippen MR) is 76.7 cm³/mol. The number of carboxylic acid groups (broad SMARTS) is 1. The summed E-state index contributed by atoms with van der Waals surface area (Å²) in [5.41, 5.74) is 7.37. The molecule has 1 aliphatic carbocycles. The number of anilines is 1. The number of carboxylic acids is 1. The van der Waals surface area contributed by atoms with Gasteiger partial charge in [-0.15, -0.1) is 0 Å². The van der Waals surface area contributed by atoms with E-state index in [1.165, 1.54) is 0 Å². The van der Waals surface area contributed by atoms with Crippen molar-refractivity contribution in [2.45, 2.75) is 32.6 Å². The van der Waals surface area contributed by atoms with Crippen LogP contribution in [0.25, 0.3) is 0 Å². The Morgan fingerprint density at radius 1 is 1.40 bits per heavy atom. The molecule has 1 aromatic carbocycles. The molecule has 0 radical (unpaired) electrons. The van der Waals surface area contributed by atoms with Crippen LogP contribution >= 0.6 is 0 Å². The number of amides is 1. The van der Waals surface area contributed by atoms with Crippen LogP contribution in [0.2, 0.25) is 0 Å². The van der Waals surface area contributed by atoms with E-state index >= 15 is 0 Å². The molecule has 0 unspecified atom stereocenters. The minimum absolute atomic E-state index is 0.123. The maximum Gasteiger partial charge on any atom is 0.303 e. The first-order valence-electron chi connectivity index (χ1n) is 6.78. The molecule has 108 valence electrons. The first-order chi connectivity index (χ1) is 9.42. The SMILES string of the molecule is Cc1cc(NCC2(CC(=O)O)CCC2)ccc1C(N)=O. The molecule has 0 aromatic heterocycles. The van der Waals surface area contributed by atoms with Crippen LogP contribution in [0, 0.1) is 12.3 Å². The van der Waals surface area contributed by atoms with Crippen molar-refractivity contribution in [3.63, 3.8) is 0 Å². The average molecular weight is 276 g/mol. The second-order valence-electron chi connectivity index (χ2n) is 5.67. The Morgan fingerprint density at radius 2 is 2.10 bits per heavy atom. The highest BCUT2D eigenvalue weighted by atomic mass is 16.4. The average Bonchev–Trinajstić information content (AvgIpc) is 2.31. The highest BCUT2D eigenvalue weighted by molar-refractivity contribution is 5.94. The van der Waals surface area contributed by atoms with Crippen molar-refractivity contribution >= 4 is 17.6 Å². The van der Waals surface area contributed by atoms with E-state index in [4.69, 9.17) is 10.8 Å². The van der Waals surface area contributed by atoms with Crippen molar-refractivity contribution in [3.8, 4) is 0 Å². The van der Waals surface area contributed by atoms with Gasteiger partial charge in [-0.3, -0.25) is 9.59 Å². The summed E-state index contributed by atoms with van der Waals surface area (Å²) >= 11 is 0. The van der Waals surface area contributed by atoms with E-state index in [-0.39, 0.29) is 11.8 Å². The van der Waals surface area contributed by atoms with E-state index in [1.54, 1.807) is 12.1 Å². The molecule has 0 atom stereocenters. The molecular weight excluding hydrogens is 256 g/mol. The summed E-state index contributed by atoms with van der Waals surface area (Å²) in [6.45, 7) is 2.48. The molecule has 1 aliphatic rings. The molecule has 20 heavy (non-hydrogen) atoms. The fraction of sp³-hybridized carbons (Fsp3) is 0.467. The standard InChI is InChI=1S/C15H20N2O3/c1-10-7-11(3-4-12(10)14(16)20)17-9-15(5-2-6-15)8-13(18)19/h3-4,7,17H,2,5-6,8-9H2,1H3,(H2,16,20)(H,18,19). The first-order valence-corrected chi connectivity index (χ1v) is 6.78. The number of rotatable bonds is 6. The highest BCUT2D eigenvalue weighted by Crippen LogP contribution is 2.44. The number of nitrogens with one attached hydrogen (secondary N) is 1. The summed E-state index contributed by atoms with van der Waals surface area (Å²) in [6, 6.07) is 5.37. The zero-order valence-electron chi connectivity index (χ0n) is 11.6. The summed E-state index contributed by atoms with van der Waals surface area (Å²) in [4.78, 5) is 22.1. The topological polar surface area (TPSA) is 92.4 Å². The summed E-state index contributed by atoms with van der Waals surface area (Å²) in [7, 11) is 0. The van der Waals surface area contributed by atoms with Crippen LogP contribution in [-0.2, 0) is 4.79 Å². The fourth-order valence-electron chi connectivity index (χ4n) is 2.75. The van der Waals surface area contributed by atoms with Gasteiger partial charge in [0, 0.05) is 17.8 Å². The fourth-order valence-corrected chi connectivity index (χ4v) is 2.75. The summed E-state index contributed by atoms with van der Waals surface area (Å²) in [5, 5.41) is 12.3. The van der Waals surface area contributed by atoms with E-state index in [9.17, 15) is 9.59 Å². The van der Waals surface area contributed by atoms with Crippen LogP contribution in [0.4, 0.5) is 5.69 Å². The number of carbonyl (C=O) groups is 2. The van der Waals surface area contributed by atoms with Gasteiger partial charge in [0.25, 0.3) is 0 Å². The van der Waals surface area contributed by atoms with Gasteiger partial charge in [-0.1, -0.05) is 6.42 Å². The molecule has 4 N–H and O–H groups in total. The third-order valence-corrected chi connectivity index (χ3v) is 4.10. The predicted octanol–water partition coefficient (Wildman–Crippen LogP) is 2.15. The maximum absolute atomic E-state index is 11.2. The second-order valence-corrected chi connectivity index (χ2v) is 5.67. The lowest BCUT2D eigenvalue weighted by Crippen LogP contribution is -2.38. The quantitative estimate of drug-likeness (QED) is 0.742. The number of nitrogens with two attached hydrogens (primary N) is 1. The molecule has 1 fully saturated rings. The molecule has 1 amide bonds. The van der Waals surface area contributed by atoms with Crippen LogP contribution < -0.4 is 11.1 Å². The smallest absolute Gasteiger partial charge is 0.303 e. The summed E-state index contributed by atoms with van der Waals surface area (Å²) in [6.07, 6.45) is 3.20. The Balaban J connectivity index is 2.02. The van der Waals surface area contributed by atoms with Gasteiger partial charge in [0.05, 0.1) is 6.42 Å². The Kier molecular flexibility index (Phi) is 3.97. The van der Waals surface area contributed by atoms with Crippen LogP contribution in [0.5, 0.6) is 0 Å². The zero-order chi connectivity index (χ0) is 14.8. The molecule has 0 heterocycles. The molecule has 5 heteroatoms. The van der Waals surface area contributed by atoms with Crippen molar-refractivity contribution in [2.75, 3.05) is 11.9 Å². The van der Waals surface area contributed by atoms with Gasteiger partial charge in [-0.2, -0.15) is 0 Å². The number of aryl methyl sites for hydroxylation is 1. The lowest BCUT2D eigenvalue weighted by atomic mass is 9.66. The van der Waals surface area contributed by atoms with Gasteiger partial charge < -0.3 is 16.2 Å². The molecule has 0 aliphatic heterocycles. The molecule has 1 saturated carbocycles. The van der Waals surface area contributed by atoms with E-state index in [0.29, 0.717) is 12.1 Å². The monoisotopic (exact) mass is 276 g/mol. The first kappa shape index (κ1) is 14.4. The van der Waals surface area contributed by atoms with Gasteiger partial charge in [-0.05, 0) is 48.9 Å². The van der Waals surface area contributed by atoms with Crippen LogP contribution in [0.15, 0.2) is 18.2 Å². The maximum atomic E-state index is 11.2. The van der Waals surface area contributed by atoms with Crippen molar-refractivity contribution in [2.24, 2.45) is 11.1 Å². The van der Waals surface area contributed by atoms with Gasteiger partial charge in [0.1, 0.15) is 0 Å². The number of benzene rings is 1. The van der Waals surface area contributed by atoms with Gasteiger partial charge in [0.15, 0.2) is 0 Å². The largest absolute Gasteiger partial charge is 0.481 e. The number of hydrogen-bond acceptors (Lipinski definition) is 3. The van der Waals surface area contributed by atoms with Gasteiger partial charge >= 0.3 is 5.97 Å². The number of aliphatic carboxylic acids is 1. The molecule has 1 aromatic rings. The third kappa shape index (κ3) is 3.10. The molecule has 0 spiro atoms. The number of carbonyl (C=O) groups excluding carboxylic acids is 1. The van der Waals surface area contributed by atoms with Crippen LogP contribution in [0.3, 0.4) is 0 Å². The molecule has 0 bridgehead atoms. The Hall–Kier alpha value is -2.04. The second kappa shape index (κ2) is 5.53. The van der Waals surface area contributed by atoms with E-state index in [2.05, 4.69) is 5.32 Å². The number of hydrogen-bond donors (Lipinski definition) is 3. The van der Waals surface area contributed by atoms with Gasteiger partial charge in [-0.25, -0.2) is 0 Å². The highest BCUT2D eigenvalue weighted by Gasteiger charge is 2.38. The van der Waals surface area contributed by atoms with Crippen molar-refractivity contribution < 1.29 is 14.7 Å². The van der Waals surface area contributed by atoms with E-state index in [0.717, 1.165) is 30.5 Å². The Bertz CT molecular complexity index is 536. The minimum atomic E-state index is -0.744. The zero-order valence-corrected chi connectivity index (χ0v) is 11.6. The summed E-state index contributed by atoms with van der Waals surface area (Å²) in [5.74, 6) is -1.18. The lowest BCUT2D eigenvalue weighted by molar-refractivity contribution is -0.141. The van der Waals surface area contributed by atoms with Crippen LogP contribution in [0.1, 0.15) is 41.6 Å². The lowest BCUT2D eigenvalue weighted by Gasteiger charge is -2.41. The van der Waals surface area contributed by atoms with Crippen molar-refractivity contribution in [1.82, 2.24) is 0 Å². The van der Waals surface area contributed by atoms with E-state index in [1.807, 2.05) is 13.0 Å². The third-order valence-electron chi connectivity index (χ3n) is 4.10. The molecule has 0 saturated heterocycles. The van der Waals surface area contributed by atoms with Crippen LogP contribution in [-0.4, -0.2) is 23.5 Å².